The smallest absolute Gasteiger partial charge is 0.0462 e. The molecular formula is C13H30N2O. The molecule has 0 aromatic rings. The Morgan fingerprint density at radius 1 is 1.19 bits per heavy atom. The van der Waals surface area contributed by atoms with Crippen LogP contribution in [0.25, 0.3) is 0 Å². The van der Waals surface area contributed by atoms with Crippen molar-refractivity contribution in [1.29, 1.82) is 0 Å². The van der Waals surface area contributed by atoms with E-state index in [2.05, 4.69) is 25.7 Å². The van der Waals surface area contributed by atoms with Crippen molar-refractivity contribution >= 4 is 0 Å². The van der Waals surface area contributed by atoms with E-state index in [1.807, 2.05) is 0 Å². The summed E-state index contributed by atoms with van der Waals surface area (Å²) < 4.78 is 5.08. The first-order valence-electron chi connectivity index (χ1n) is 6.58. The Morgan fingerprint density at radius 2 is 1.88 bits per heavy atom. The number of methoxy groups -OCH3 is 1. The molecule has 0 spiro atoms. The highest BCUT2D eigenvalue weighted by Gasteiger charge is 2.27. The third-order valence-corrected chi connectivity index (χ3v) is 3.48. The van der Waals surface area contributed by atoms with E-state index in [9.17, 15) is 0 Å². The minimum atomic E-state index is 0.170. The number of rotatable bonds is 10. The molecule has 0 fully saturated rings. The first kappa shape index (κ1) is 15.9. The van der Waals surface area contributed by atoms with Gasteiger partial charge >= 0.3 is 0 Å². The van der Waals surface area contributed by atoms with Crippen molar-refractivity contribution in [3.8, 4) is 0 Å². The largest absolute Gasteiger partial charge is 0.385 e. The van der Waals surface area contributed by atoms with Crippen LogP contribution in [-0.2, 0) is 4.74 Å². The second kappa shape index (κ2) is 8.97. The Labute approximate surface area is 101 Å². The lowest BCUT2D eigenvalue weighted by Crippen LogP contribution is -2.51. The number of hydrogen-bond donors (Lipinski definition) is 1. The van der Waals surface area contributed by atoms with Gasteiger partial charge in [0.1, 0.15) is 0 Å². The first-order valence-corrected chi connectivity index (χ1v) is 6.58. The zero-order chi connectivity index (χ0) is 12.4. The molecule has 0 amide bonds. The second-order valence-corrected chi connectivity index (χ2v) is 4.74. The Balaban J connectivity index is 4.13. The van der Waals surface area contributed by atoms with E-state index in [0.29, 0.717) is 0 Å². The summed E-state index contributed by atoms with van der Waals surface area (Å²) in [5, 5.41) is 0. The highest BCUT2D eigenvalue weighted by Crippen LogP contribution is 2.19. The Hall–Kier alpha value is -0.120. The molecule has 0 bridgehead atoms. The Morgan fingerprint density at radius 3 is 2.31 bits per heavy atom. The lowest BCUT2D eigenvalue weighted by atomic mass is 9.95. The van der Waals surface area contributed by atoms with E-state index in [1.54, 1.807) is 7.11 Å². The molecule has 1 unspecified atom stereocenters. The lowest BCUT2D eigenvalue weighted by Gasteiger charge is -2.40. The lowest BCUT2D eigenvalue weighted by molar-refractivity contribution is 0.0986. The maximum atomic E-state index is 5.91. The fourth-order valence-corrected chi connectivity index (χ4v) is 1.97. The summed E-state index contributed by atoms with van der Waals surface area (Å²) in [5.41, 5.74) is 6.08. The fraction of sp³-hybridized carbons (Fsp3) is 1.00. The molecule has 2 N–H and O–H groups in total. The number of nitrogens with zero attached hydrogens (tertiary/aromatic N) is 1. The monoisotopic (exact) mass is 230 g/mol. The van der Waals surface area contributed by atoms with Gasteiger partial charge in [0.25, 0.3) is 0 Å². The first-order chi connectivity index (χ1) is 7.64. The van der Waals surface area contributed by atoms with Crippen LogP contribution >= 0.6 is 0 Å². The van der Waals surface area contributed by atoms with E-state index in [4.69, 9.17) is 10.5 Å². The van der Waals surface area contributed by atoms with Crippen molar-refractivity contribution in [1.82, 2.24) is 4.90 Å². The van der Waals surface area contributed by atoms with Crippen LogP contribution < -0.4 is 5.73 Å². The van der Waals surface area contributed by atoms with Crippen LogP contribution in [0, 0.1) is 0 Å². The molecule has 0 aromatic carbocycles. The van der Waals surface area contributed by atoms with E-state index in [0.717, 1.165) is 39.1 Å². The Kier molecular flexibility index (Phi) is 8.90. The molecule has 3 heteroatoms. The second-order valence-electron chi connectivity index (χ2n) is 4.74. The predicted molar refractivity (Wildman–Crippen MR) is 70.7 cm³/mol. The van der Waals surface area contributed by atoms with Gasteiger partial charge in [0, 0.05) is 25.8 Å². The third-order valence-electron chi connectivity index (χ3n) is 3.48. The maximum absolute atomic E-state index is 5.91. The van der Waals surface area contributed by atoms with Gasteiger partial charge in [-0.1, -0.05) is 13.8 Å². The van der Waals surface area contributed by atoms with Crippen LogP contribution in [0.15, 0.2) is 0 Å². The zero-order valence-electron chi connectivity index (χ0n) is 11.6. The van der Waals surface area contributed by atoms with Crippen molar-refractivity contribution in [3.63, 3.8) is 0 Å². The van der Waals surface area contributed by atoms with Crippen LogP contribution in [0.4, 0.5) is 0 Å². The van der Waals surface area contributed by atoms with Crippen LogP contribution in [0.5, 0.6) is 0 Å². The zero-order valence-corrected chi connectivity index (χ0v) is 11.6. The molecule has 0 aliphatic heterocycles. The third kappa shape index (κ3) is 5.28. The minimum absolute atomic E-state index is 0.170. The molecular weight excluding hydrogens is 200 g/mol. The van der Waals surface area contributed by atoms with Gasteiger partial charge in [0.05, 0.1) is 0 Å². The van der Waals surface area contributed by atoms with E-state index in [1.165, 1.54) is 12.8 Å². The van der Waals surface area contributed by atoms with Gasteiger partial charge in [0.2, 0.25) is 0 Å². The van der Waals surface area contributed by atoms with Gasteiger partial charge in [-0.3, -0.25) is 4.90 Å². The van der Waals surface area contributed by atoms with Crippen LogP contribution in [-0.4, -0.2) is 43.8 Å². The molecule has 1 atom stereocenters. The number of unbranched alkanes of at least 4 members (excludes halogenated alkanes) is 1. The highest BCUT2D eigenvalue weighted by atomic mass is 16.5. The average Bonchev–Trinajstić information content (AvgIpc) is 2.32. The van der Waals surface area contributed by atoms with Crippen LogP contribution in [0.2, 0.25) is 0 Å². The summed E-state index contributed by atoms with van der Waals surface area (Å²) in [4.78, 5) is 2.54. The summed E-state index contributed by atoms with van der Waals surface area (Å²) >= 11 is 0. The normalized spacial score (nSPS) is 15.4. The average molecular weight is 230 g/mol. The minimum Gasteiger partial charge on any atom is -0.385 e. The molecule has 0 radical (unpaired) electrons. The van der Waals surface area contributed by atoms with E-state index >= 15 is 0 Å². The topological polar surface area (TPSA) is 38.5 Å². The molecule has 0 aliphatic rings. The molecule has 98 valence electrons. The number of hydrogen-bond acceptors (Lipinski definition) is 3. The highest BCUT2D eigenvalue weighted by molar-refractivity contribution is 4.85. The molecule has 0 rings (SSSR count). The molecule has 16 heavy (non-hydrogen) atoms. The van der Waals surface area contributed by atoms with Crippen molar-refractivity contribution < 1.29 is 4.74 Å². The maximum Gasteiger partial charge on any atom is 0.0462 e. The summed E-state index contributed by atoms with van der Waals surface area (Å²) in [5.74, 6) is 0. The predicted octanol–water partition coefficient (Wildman–Crippen LogP) is 2.25. The van der Waals surface area contributed by atoms with Crippen molar-refractivity contribution in [2.75, 3.05) is 33.4 Å². The summed E-state index contributed by atoms with van der Waals surface area (Å²) in [7, 11) is 1.76. The molecule has 0 heterocycles. The number of nitrogens with two attached hydrogens (primary N) is 1. The molecule has 0 saturated heterocycles. The molecule has 0 saturated carbocycles. The molecule has 3 nitrogen and oxygen atoms in total. The van der Waals surface area contributed by atoms with Crippen LogP contribution in [0.1, 0.15) is 46.5 Å². The van der Waals surface area contributed by atoms with Gasteiger partial charge in [-0.05, 0) is 45.7 Å². The Bertz CT molecular complexity index is 158. The van der Waals surface area contributed by atoms with Gasteiger partial charge < -0.3 is 10.5 Å². The summed E-state index contributed by atoms with van der Waals surface area (Å²) in [6.07, 6.45) is 4.65. The summed E-state index contributed by atoms with van der Waals surface area (Å²) in [6.45, 7) is 10.6. The fourth-order valence-electron chi connectivity index (χ4n) is 1.97. The van der Waals surface area contributed by atoms with Gasteiger partial charge in [-0.2, -0.15) is 0 Å². The quantitative estimate of drug-likeness (QED) is 0.585. The van der Waals surface area contributed by atoms with Gasteiger partial charge in [0.15, 0.2) is 0 Å². The van der Waals surface area contributed by atoms with Crippen molar-refractivity contribution in [2.45, 2.75) is 52.0 Å². The summed E-state index contributed by atoms with van der Waals surface area (Å²) in [6, 6.07) is 0. The van der Waals surface area contributed by atoms with E-state index < -0.39 is 0 Å². The van der Waals surface area contributed by atoms with Gasteiger partial charge in [-0.25, -0.2) is 0 Å². The van der Waals surface area contributed by atoms with Crippen LogP contribution in [0.3, 0.4) is 0 Å². The van der Waals surface area contributed by atoms with Crippen molar-refractivity contribution in [3.05, 3.63) is 0 Å². The van der Waals surface area contributed by atoms with Gasteiger partial charge in [-0.15, -0.1) is 0 Å². The molecule has 0 aromatic heterocycles. The standard InChI is InChI=1S/C13H30N2O/c1-5-9-15(10-7-8-11-16-4)13(3,6-2)12-14/h5-12,14H2,1-4H3. The molecule has 0 aliphatic carbocycles. The van der Waals surface area contributed by atoms with E-state index in [-0.39, 0.29) is 5.54 Å². The van der Waals surface area contributed by atoms with Crippen molar-refractivity contribution in [2.24, 2.45) is 5.73 Å². The number of ether oxygens (including phenoxy) is 1. The SMILES string of the molecule is CCCN(CCCCOC)C(C)(CC)CN.